The molecule has 0 radical (unpaired) electrons. The van der Waals surface area contributed by atoms with Crippen LogP contribution in [0, 0.1) is 28.1 Å². The Labute approximate surface area is 229 Å². The van der Waals surface area contributed by atoms with Crippen molar-refractivity contribution in [1.29, 1.82) is 0 Å². The molecule has 1 N–H and O–H groups in total. The number of Topliss-reactive ketones (excluding diaryl/α,β-unsaturated/α-hetero) is 1. The smallest absolute Gasteiger partial charge is 0.178 e. The van der Waals surface area contributed by atoms with E-state index in [2.05, 4.69) is 17.0 Å². The number of hydrogen-bond donors (Lipinski definition) is 1. The van der Waals surface area contributed by atoms with E-state index in [4.69, 9.17) is 0 Å². The highest BCUT2D eigenvalue weighted by Gasteiger charge is 2.75. The fourth-order valence-corrected chi connectivity index (χ4v) is 8.99. The number of aryl methyl sites for hydroxylation is 1. The van der Waals surface area contributed by atoms with Crippen LogP contribution in [0.4, 0.5) is 13.2 Å². The molecule has 39 heavy (non-hydrogen) atoms. The molecule has 0 spiro atoms. The summed E-state index contributed by atoms with van der Waals surface area (Å²) < 4.78 is 47.2. The zero-order valence-corrected chi connectivity index (χ0v) is 23.1. The average molecular weight is 544 g/mol. The van der Waals surface area contributed by atoms with Crippen LogP contribution >= 0.6 is 0 Å². The van der Waals surface area contributed by atoms with Gasteiger partial charge in [0, 0.05) is 17.9 Å². The quantitative estimate of drug-likeness (QED) is 0.478. The second kappa shape index (κ2) is 9.99. The van der Waals surface area contributed by atoms with Crippen LogP contribution in [-0.4, -0.2) is 66.3 Å². The summed E-state index contributed by atoms with van der Waals surface area (Å²) in [5.74, 6) is -2.16. The molecule has 0 saturated heterocycles. The number of fused-ring (bicyclic) bond motifs is 5. The van der Waals surface area contributed by atoms with Gasteiger partial charge in [-0.05, 0) is 93.7 Å². The lowest BCUT2D eigenvalue weighted by Crippen LogP contribution is -2.69. The van der Waals surface area contributed by atoms with Crippen molar-refractivity contribution in [2.75, 3.05) is 26.8 Å². The lowest BCUT2D eigenvalue weighted by atomic mass is 9.43. The number of halogens is 3. The number of aliphatic hydroxyl groups is 1. The van der Waals surface area contributed by atoms with Gasteiger partial charge >= 0.3 is 0 Å². The third-order valence-electron chi connectivity index (χ3n) is 11.0. The Morgan fingerprint density at radius 1 is 1.18 bits per heavy atom. The molecule has 1 aromatic rings. The number of nitrogens with zero attached hydrogens (tertiary/aromatic N) is 1. The van der Waals surface area contributed by atoms with Crippen molar-refractivity contribution in [2.45, 2.75) is 70.3 Å². The van der Waals surface area contributed by atoms with Gasteiger partial charge in [-0.3, -0.25) is 9.59 Å². The maximum absolute atomic E-state index is 17.4. The predicted octanol–water partition coefficient (Wildman–Crippen LogP) is 5.39. The van der Waals surface area contributed by atoms with Gasteiger partial charge in [0.1, 0.15) is 12.8 Å². The fourth-order valence-electron chi connectivity index (χ4n) is 8.99. The monoisotopic (exact) mass is 543 g/mol. The molecule has 4 aliphatic carbocycles. The minimum absolute atomic E-state index is 0.0180. The number of aliphatic hydroxyl groups excluding tert-OH is 1. The number of allylic oxidation sites excluding steroid dienone is 4. The highest BCUT2D eigenvalue weighted by molar-refractivity contribution is 6.01. The number of hydrogen-bond acceptors (Lipinski definition) is 4. The van der Waals surface area contributed by atoms with Gasteiger partial charge in [0.2, 0.25) is 0 Å². The van der Waals surface area contributed by atoms with E-state index in [0.717, 1.165) is 12.8 Å². The van der Waals surface area contributed by atoms with Crippen LogP contribution in [0.5, 0.6) is 0 Å². The second-order valence-electron chi connectivity index (χ2n) is 12.9. The summed E-state index contributed by atoms with van der Waals surface area (Å²) in [6, 6.07) is 10.1. The molecule has 4 nitrogen and oxygen atoms in total. The molecule has 0 heterocycles. The van der Waals surface area contributed by atoms with E-state index in [1.54, 1.807) is 6.92 Å². The molecule has 0 amide bonds. The lowest BCUT2D eigenvalue weighted by molar-refractivity contribution is -0.212. The second-order valence-corrected chi connectivity index (χ2v) is 12.9. The SMILES string of the molecule is CN(CCCc1ccccc1)C[C@]1(C(=O)CF)CCC2[C@@H]3C[C@H](F)C4=CC(=O)C=C[C@]4(C)[C@@]3(F)[C@@H](O)C[C@@]21C. The van der Waals surface area contributed by atoms with E-state index in [-0.39, 0.29) is 24.2 Å². The molecular weight excluding hydrogens is 503 g/mol. The van der Waals surface area contributed by atoms with E-state index in [1.165, 1.54) is 23.8 Å². The molecule has 0 bridgehead atoms. The number of rotatable bonds is 8. The summed E-state index contributed by atoms with van der Waals surface area (Å²) in [6.07, 6.45) is 3.25. The minimum Gasteiger partial charge on any atom is -0.390 e. The maximum Gasteiger partial charge on any atom is 0.178 e. The van der Waals surface area contributed by atoms with Gasteiger partial charge in [-0.25, -0.2) is 13.2 Å². The number of ketones is 2. The van der Waals surface area contributed by atoms with Crippen molar-refractivity contribution in [2.24, 2.45) is 28.1 Å². The van der Waals surface area contributed by atoms with E-state index in [0.29, 0.717) is 25.9 Å². The number of benzene rings is 1. The van der Waals surface area contributed by atoms with Crippen LogP contribution in [0.3, 0.4) is 0 Å². The van der Waals surface area contributed by atoms with Crippen LogP contribution in [-0.2, 0) is 16.0 Å². The van der Waals surface area contributed by atoms with Crippen molar-refractivity contribution in [1.82, 2.24) is 4.90 Å². The maximum atomic E-state index is 17.4. The van der Waals surface area contributed by atoms with Crippen molar-refractivity contribution in [3.05, 3.63) is 59.7 Å². The highest BCUT2D eigenvalue weighted by atomic mass is 19.1. The number of carbonyl (C=O) groups is 2. The summed E-state index contributed by atoms with van der Waals surface area (Å²) in [4.78, 5) is 27.6. The van der Waals surface area contributed by atoms with E-state index >= 15 is 8.78 Å². The summed E-state index contributed by atoms with van der Waals surface area (Å²) in [6.45, 7) is 3.35. The summed E-state index contributed by atoms with van der Waals surface area (Å²) in [7, 11) is 1.92. The zero-order valence-electron chi connectivity index (χ0n) is 23.1. The van der Waals surface area contributed by atoms with Gasteiger partial charge in [0.15, 0.2) is 17.2 Å². The molecule has 1 unspecified atom stereocenters. The molecule has 5 rings (SSSR count). The average Bonchev–Trinajstić information content (AvgIpc) is 3.19. The van der Waals surface area contributed by atoms with Crippen molar-refractivity contribution in [3.8, 4) is 0 Å². The van der Waals surface area contributed by atoms with Gasteiger partial charge in [-0.15, -0.1) is 0 Å². The van der Waals surface area contributed by atoms with Crippen LogP contribution in [0.1, 0.15) is 51.5 Å². The van der Waals surface area contributed by atoms with Crippen molar-refractivity contribution < 1.29 is 27.9 Å². The topological polar surface area (TPSA) is 57.6 Å². The highest BCUT2D eigenvalue weighted by Crippen LogP contribution is 2.72. The van der Waals surface area contributed by atoms with E-state index in [9.17, 15) is 19.1 Å². The zero-order chi connectivity index (χ0) is 28.2. The van der Waals surface area contributed by atoms with Gasteiger partial charge in [-0.1, -0.05) is 43.3 Å². The van der Waals surface area contributed by atoms with Crippen LogP contribution < -0.4 is 0 Å². The number of carbonyl (C=O) groups excluding carboxylic acids is 2. The lowest BCUT2D eigenvalue weighted by Gasteiger charge is -2.63. The van der Waals surface area contributed by atoms with Gasteiger partial charge in [-0.2, -0.15) is 0 Å². The Balaban J connectivity index is 1.44. The first-order valence-corrected chi connectivity index (χ1v) is 14.2. The Bertz CT molecular complexity index is 1190. The predicted molar refractivity (Wildman–Crippen MR) is 144 cm³/mol. The van der Waals surface area contributed by atoms with Gasteiger partial charge in [0.05, 0.1) is 11.5 Å². The summed E-state index contributed by atoms with van der Waals surface area (Å²) >= 11 is 0. The van der Waals surface area contributed by atoms with Crippen LogP contribution in [0.2, 0.25) is 0 Å². The van der Waals surface area contributed by atoms with Gasteiger partial charge < -0.3 is 10.0 Å². The molecule has 0 aliphatic heterocycles. The van der Waals surface area contributed by atoms with Gasteiger partial charge in [0.25, 0.3) is 0 Å². The molecule has 3 saturated carbocycles. The minimum atomic E-state index is -2.20. The third kappa shape index (κ3) is 4.09. The van der Waals surface area contributed by atoms with Crippen LogP contribution in [0.15, 0.2) is 54.1 Å². The molecular formula is C32H40F3NO3. The Morgan fingerprint density at radius 2 is 1.90 bits per heavy atom. The molecule has 212 valence electrons. The Kier molecular flexibility index (Phi) is 7.24. The van der Waals surface area contributed by atoms with Crippen LogP contribution in [0.25, 0.3) is 0 Å². The molecule has 1 aromatic carbocycles. The molecule has 3 fully saturated rings. The van der Waals surface area contributed by atoms with E-state index < -0.39 is 58.5 Å². The van der Waals surface area contributed by atoms with E-state index in [1.807, 2.05) is 32.2 Å². The summed E-state index contributed by atoms with van der Waals surface area (Å²) in [5.41, 5.74) is -4.35. The molecule has 4 aliphatic rings. The standard InChI is InChI=1S/C32H40F3NO3/c1-29-13-11-22(37)16-25(29)26(34)17-24-23-12-14-31(28(39)19-33,30(23,2)18-27(38)32(24,29)35)20-36(3)15-7-10-21-8-5-4-6-9-21/h4-6,8-9,11,13,16,23-24,26-27,38H,7,10,12,14-15,17-20H2,1-3H3/t23?,24-,26-,27-,29-,30-,31-,32-/m0/s1. The normalized spacial score (nSPS) is 41.1. The van der Waals surface area contributed by atoms with Crippen molar-refractivity contribution >= 4 is 11.6 Å². The third-order valence-corrected chi connectivity index (χ3v) is 11.0. The molecule has 8 atom stereocenters. The first kappa shape index (κ1) is 28.3. The Morgan fingerprint density at radius 3 is 2.59 bits per heavy atom. The largest absolute Gasteiger partial charge is 0.390 e. The fraction of sp³-hybridized carbons (Fsp3) is 0.625. The number of alkyl halides is 3. The first-order chi connectivity index (χ1) is 18.4. The summed E-state index contributed by atoms with van der Waals surface area (Å²) in [5, 5.41) is 11.6. The molecule has 7 heteroatoms. The molecule has 0 aromatic heterocycles. The first-order valence-electron chi connectivity index (χ1n) is 14.2. The van der Waals surface area contributed by atoms with Crippen molar-refractivity contribution in [3.63, 3.8) is 0 Å². The Hall–Kier alpha value is -2.25.